The zero-order valence-corrected chi connectivity index (χ0v) is 11.5. The first-order chi connectivity index (χ1) is 8.69. The minimum Gasteiger partial charge on any atom is -0.384 e. The van der Waals surface area contributed by atoms with Gasteiger partial charge in [-0.2, -0.15) is 11.8 Å². The monoisotopic (exact) mass is 270 g/mol. The lowest BCUT2D eigenvalue weighted by Crippen LogP contribution is -2.02. The van der Waals surface area contributed by atoms with Crippen molar-refractivity contribution in [2.45, 2.75) is 12.7 Å². The molecule has 5 nitrogen and oxygen atoms in total. The highest BCUT2D eigenvalue weighted by molar-refractivity contribution is 7.98. The SMILES string of the molecule is CCNc1cc(CSCCOC)ccc1[N+](=O)[O-]. The highest BCUT2D eigenvalue weighted by atomic mass is 32.2. The summed E-state index contributed by atoms with van der Waals surface area (Å²) in [5.74, 6) is 1.75. The summed E-state index contributed by atoms with van der Waals surface area (Å²) >= 11 is 1.75. The van der Waals surface area contributed by atoms with Gasteiger partial charge in [0.1, 0.15) is 5.69 Å². The van der Waals surface area contributed by atoms with Gasteiger partial charge in [0, 0.05) is 31.2 Å². The van der Waals surface area contributed by atoms with Crippen molar-refractivity contribution in [2.75, 3.05) is 31.3 Å². The molecule has 0 atom stereocenters. The van der Waals surface area contributed by atoms with Crippen LogP contribution >= 0.6 is 11.8 Å². The summed E-state index contributed by atoms with van der Waals surface area (Å²) in [4.78, 5) is 10.5. The molecule has 0 amide bonds. The minimum atomic E-state index is -0.361. The van der Waals surface area contributed by atoms with E-state index in [0.717, 1.165) is 23.7 Å². The fourth-order valence-corrected chi connectivity index (χ4v) is 2.34. The van der Waals surface area contributed by atoms with Gasteiger partial charge in [-0.1, -0.05) is 6.07 Å². The van der Waals surface area contributed by atoms with E-state index in [-0.39, 0.29) is 10.6 Å². The van der Waals surface area contributed by atoms with Crippen molar-refractivity contribution in [3.8, 4) is 0 Å². The van der Waals surface area contributed by atoms with E-state index in [4.69, 9.17) is 4.74 Å². The number of nitro benzene ring substituents is 1. The molecule has 0 aliphatic rings. The van der Waals surface area contributed by atoms with Gasteiger partial charge in [-0.15, -0.1) is 0 Å². The molecule has 100 valence electrons. The van der Waals surface area contributed by atoms with Crippen LogP contribution in [0.4, 0.5) is 11.4 Å². The van der Waals surface area contributed by atoms with Gasteiger partial charge in [-0.25, -0.2) is 0 Å². The fraction of sp³-hybridized carbons (Fsp3) is 0.500. The van der Waals surface area contributed by atoms with Crippen LogP contribution in [0.3, 0.4) is 0 Å². The van der Waals surface area contributed by atoms with E-state index in [9.17, 15) is 10.1 Å². The Labute approximate surface area is 111 Å². The molecule has 1 rings (SSSR count). The predicted molar refractivity (Wildman–Crippen MR) is 75.3 cm³/mol. The van der Waals surface area contributed by atoms with Crippen molar-refractivity contribution in [2.24, 2.45) is 0 Å². The van der Waals surface area contributed by atoms with Crippen LogP contribution in [0.5, 0.6) is 0 Å². The molecule has 0 fully saturated rings. The average molecular weight is 270 g/mol. The third-order valence-corrected chi connectivity index (χ3v) is 3.32. The first kappa shape index (κ1) is 14.8. The highest BCUT2D eigenvalue weighted by Gasteiger charge is 2.13. The fourth-order valence-electron chi connectivity index (χ4n) is 1.50. The molecule has 0 saturated heterocycles. The van der Waals surface area contributed by atoms with E-state index in [1.54, 1.807) is 31.0 Å². The van der Waals surface area contributed by atoms with E-state index >= 15 is 0 Å². The van der Waals surface area contributed by atoms with Crippen molar-refractivity contribution in [3.63, 3.8) is 0 Å². The third kappa shape index (κ3) is 4.54. The minimum absolute atomic E-state index is 0.127. The number of thioether (sulfide) groups is 1. The molecule has 0 bridgehead atoms. The maximum Gasteiger partial charge on any atom is 0.292 e. The van der Waals surface area contributed by atoms with Crippen molar-refractivity contribution in [1.29, 1.82) is 0 Å². The molecule has 0 saturated carbocycles. The number of nitro groups is 1. The van der Waals surface area contributed by atoms with Crippen LogP contribution in [0.25, 0.3) is 0 Å². The van der Waals surface area contributed by atoms with Gasteiger partial charge >= 0.3 is 0 Å². The molecule has 0 aliphatic heterocycles. The molecular weight excluding hydrogens is 252 g/mol. The van der Waals surface area contributed by atoms with E-state index < -0.39 is 0 Å². The van der Waals surface area contributed by atoms with Crippen molar-refractivity contribution < 1.29 is 9.66 Å². The summed E-state index contributed by atoms with van der Waals surface area (Å²) in [5.41, 5.74) is 1.80. The maximum atomic E-state index is 10.9. The lowest BCUT2D eigenvalue weighted by atomic mass is 10.2. The Bertz CT molecular complexity index is 399. The summed E-state index contributed by atoms with van der Waals surface area (Å²) in [6, 6.07) is 5.21. The molecule has 0 spiro atoms. The van der Waals surface area contributed by atoms with Gasteiger partial charge in [0.25, 0.3) is 5.69 Å². The Morgan fingerprint density at radius 3 is 2.89 bits per heavy atom. The molecule has 6 heteroatoms. The van der Waals surface area contributed by atoms with Gasteiger partial charge in [-0.05, 0) is 18.6 Å². The highest BCUT2D eigenvalue weighted by Crippen LogP contribution is 2.27. The van der Waals surface area contributed by atoms with Gasteiger partial charge in [-0.3, -0.25) is 10.1 Å². The number of hydrogen-bond donors (Lipinski definition) is 1. The number of hydrogen-bond acceptors (Lipinski definition) is 5. The van der Waals surface area contributed by atoms with Crippen LogP contribution in [-0.4, -0.2) is 30.9 Å². The maximum absolute atomic E-state index is 10.9. The van der Waals surface area contributed by atoms with E-state index in [0.29, 0.717) is 12.2 Å². The number of anilines is 1. The van der Waals surface area contributed by atoms with Gasteiger partial charge < -0.3 is 10.1 Å². The van der Waals surface area contributed by atoms with E-state index in [1.807, 2.05) is 13.0 Å². The van der Waals surface area contributed by atoms with Crippen LogP contribution < -0.4 is 5.32 Å². The Balaban J connectivity index is 2.70. The predicted octanol–water partition coefficient (Wildman–Crippen LogP) is 2.91. The van der Waals surface area contributed by atoms with Crippen LogP contribution in [0.2, 0.25) is 0 Å². The lowest BCUT2D eigenvalue weighted by molar-refractivity contribution is -0.384. The van der Waals surface area contributed by atoms with Gasteiger partial charge in [0.15, 0.2) is 0 Å². The van der Waals surface area contributed by atoms with Crippen LogP contribution in [0.15, 0.2) is 18.2 Å². The van der Waals surface area contributed by atoms with Crippen LogP contribution in [0, 0.1) is 10.1 Å². The quantitative estimate of drug-likeness (QED) is 0.447. The molecular formula is C12H18N2O3S. The second-order valence-electron chi connectivity index (χ2n) is 3.68. The molecule has 1 N–H and O–H groups in total. The summed E-state index contributed by atoms with van der Waals surface area (Å²) in [7, 11) is 1.68. The largest absolute Gasteiger partial charge is 0.384 e. The normalized spacial score (nSPS) is 10.3. The topological polar surface area (TPSA) is 64.4 Å². The molecule has 0 radical (unpaired) electrons. The summed E-state index contributed by atoms with van der Waals surface area (Å²) in [6.45, 7) is 3.31. The zero-order chi connectivity index (χ0) is 13.4. The first-order valence-corrected chi connectivity index (χ1v) is 6.92. The number of rotatable bonds is 8. The zero-order valence-electron chi connectivity index (χ0n) is 10.6. The summed E-state index contributed by atoms with van der Waals surface area (Å²) in [5, 5.41) is 13.9. The molecule has 0 unspecified atom stereocenters. The first-order valence-electron chi connectivity index (χ1n) is 5.77. The molecule has 1 aromatic carbocycles. The smallest absolute Gasteiger partial charge is 0.292 e. The van der Waals surface area contributed by atoms with E-state index in [1.165, 1.54) is 0 Å². The molecule has 1 aromatic rings. The number of benzene rings is 1. The standard InChI is InChI=1S/C12H18N2O3S/c1-3-13-11-8-10(9-18-7-6-17-2)4-5-12(11)14(15)16/h4-5,8,13H,3,6-7,9H2,1-2H3. The Kier molecular flexibility index (Phi) is 6.53. The molecule has 0 heterocycles. The third-order valence-electron chi connectivity index (χ3n) is 2.33. The van der Waals surface area contributed by atoms with Crippen LogP contribution in [-0.2, 0) is 10.5 Å². The number of nitrogens with one attached hydrogen (secondary N) is 1. The molecule has 0 aliphatic carbocycles. The second kappa shape index (κ2) is 7.94. The van der Waals surface area contributed by atoms with Crippen molar-refractivity contribution >= 4 is 23.1 Å². The summed E-state index contributed by atoms with van der Waals surface area (Å²) in [6.07, 6.45) is 0. The van der Waals surface area contributed by atoms with E-state index in [2.05, 4.69) is 5.32 Å². The Hall–Kier alpha value is -1.27. The second-order valence-corrected chi connectivity index (χ2v) is 4.79. The average Bonchev–Trinajstić information content (AvgIpc) is 2.35. The number of ether oxygens (including phenoxy) is 1. The lowest BCUT2D eigenvalue weighted by Gasteiger charge is -2.07. The Morgan fingerprint density at radius 1 is 1.50 bits per heavy atom. The summed E-state index contributed by atoms with van der Waals surface area (Å²) < 4.78 is 4.97. The number of nitrogens with zero attached hydrogens (tertiary/aromatic N) is 1. The van der Waals surface area contributed by atoms with Crippen LogP contribution in [0.1, 0.15) is 12.5 Å². The van der Waals surface area contributed by atoms with Gasteiger partial charge in [0.05, 0.1) is 11.5 Å². The number of methoxy groups -OCH3 is 1. The Morgan fingerprint density at radius 2 is 2.28 bits per heavy atom. The molecule has 18 heavy (non-hydrogen) atoms. The molecule has 0 aromatic heterocycles. The van der Waals surface area contributed by atoms with Gasteiger partial charge in [0.2, 0.25) is 0 Å². The van der Waals surface area contributed by atoms with Crippen molar-refractivity contribution in [1.82, 2.24) is 0 Å². The van der Waals surface area contributed by atoms with Crippen molar-refractivity contribution in [3.05, 3.63) is 33.9 Å².